The second kappa shape index (κ2) is 19.0. The maximum Gasteiger partial charge on any atom is 0 e. The van der Waals surface area contributed by atoms with Crippen LogP contribution in [0.2, 0.25) is 0 Å². The first kappa shape index (κ1) is 16.4. The molecule has 0 atom stereocenters. The van der Waals surface area contributed by atoms with Gasteiger partial charge in [-0.05, 0) is 0 Å². The van der Waals surface area contributed by atoms with Crippen LogP contribution in [0.25, 0.3) is 0 Å². The fourth-order valence-electron chi connectivity index (χ4n) is 0. The van der Waals surface area contributed by atoms with Crippen LogP contribution < -0.4 is 0 Å². The molecule has 24 valence electrons. The quantitative estimate of drug-likeness (QED) is 0.575. The Morgan fingerprint density at radius 3 is 1.25 bits per heavy atom. The molecule has 0 rings (SSSR count). The molecular weight excluding hydrogens is 283 g/mol. The van der Waals surface area contributed by atoms with Crippen molar-refractivity contribution >= 4 is 30.2 Å². The minimum Gasteiger partial charge on any atom is 0 e. The number of hydrogen-bond donors (Lipinski definition) is 0. The Hall–Kier alpha value is 2.18. The smallest absolute Gasteiger partial charge is 0 e. The van der Waals surface area contributed by atoms with E-state index in [9.17, 15) is 0 Å². The Bertz CT molecular complexity index is 8.00. The van der Waals surface area contributed by atoms with Crippen LogP contribution in [0.4, 0.5) is 0 Å². The zero-order chi connectivity index (χ0) is 2.00. The number of rotatable bonds is 0. The average Bonchev–Trinajstić information content (AvgIpc) is 1.00. The molecule has 0 fully saturated rings. The molecule has 0 bridgehead atoms. The molecule has 0 aromatic heterocycles. The summed E-state index contributed by atoms with van der Waals surface area (Å²) in [6.45, 7) is 0. The van der Waals surface area contributed by atoms with Crippen molar-refractivity contribution in [2.45, 2.75) is 0 Å². The molecule has 0 aromatic carbocycles. The van der Waals surface area contributed by atoms with Crippen molar-refractivity contribution in [2.75, 3.05) is 0 Å². The van der Waals surface area contributed by atoms with Crippen molar-refractivity contribution in [3.05, 3.63) is 0 Å². The molecule has 0 aliphatic carbocycles. The van der Waals surface area contributed by atoms with E-state index in [0.717, 1.165) is 0 Å². The van der Waals surface area contributed by atoms with Gasteiger partial charge in [-0.3, -0.25) is 0 Å². The van der Waals surface area contributed by atoms with E-state index in [1.165, 1.54) is 21.1 Å². The van der Waals surface area contributed by atoms with Crippen molar-refractivity contribution in [1.29, 1.82) is 0 Å². The van der Waals surface area contributed by atoms with E-state index in [2.05, 4.69) is 9.19 Å². The number of hydrogen-bond acceptors (Lipinski definition) is 1. The van der Waals surface area contributed by atoms with Gasteiger partial charge in [0.25, 0.3) is 0 Å². The summed E-state index contributed by atoms with van der Waals surface area (Å²) in [5, 5.41) is 0. The maximum atomic E-state index is 4.13. The van der Waals surface area contributed by atoms with Crippen LogP contribution in [-0.2, 0) is 36.5 Å². The SMILES string of the molecule is [Cu].[S]=[Sb].[Zn]. The van der Waals surface area contributed by atoms with Crippen LogP contribution in [0.1, 0.15) is 0 Å². The second-order valence-corrected chi connectivity index (χ2v) is 0. The minimum atomic E-state index is 0. The molecule has 0 aliphatic heterocycles. The largest absolute Gasteiger partial charge is 0 e. The topological polar surface area (TPSA) is 0 Å². The molecule has 0 saturated heterocycles. The molecule has 2 radical (unpaired) electrons. The summed E-state index contributed by atoms with van der Waals surface area (Å²) in [5.41, 5.74) is 0. The van der Waals surface area contributed by atoms with Crippen molar-refractivity contribution in [3.8, 4) is 0 Å². The fourth-order valence-corrected chi connectivity index (χ4v) is 0. The van der Waals surface area contributed by atoms with Gasteiger partial charge in [0.2, 0.25) is 0 Å². The molecule has 0 nitrogen and oxygen atoms in total. The summed E-state index contributed by atoms with van der Waals surface area (Å²) in [4.78, 5) is 0. The van der Waals surface area contributed by atoms with Crippen molar-refractivity contribution in [3.63, 3.8) is 0 Å². The van der Waals surface area contributed by atoms with Gasteiger partial charge >= 0.3 is 30.2 Å². The van der Waals surface area contributed by atoms with E-state index in [0.29, 0.717) is 0 Å². The van der Waals surface area contributed by atoms with Gasteiger partial charge in [-0.15, -0.1) is 0 Å². The Morgan fingerprint density at radius 2 is 1.25 bits per heavy atom. The van der Waals surface area contributed by atoms with Crippen LogP contribution in [0.15, 0.2) is 0 Å². The summed E-state index contributed by atoms with van der Waals surface area (Å²) < 4.78 is 0. The molecule has 0 N–H and O–H groups in total. The first-order valence-corrected chi connectivity index (χ1v) is 3.67. The molecule has 0 saturated carbocycles. The first-order chi connectivity index (χ1) is 1.00. The van der Waals surface area contributed by atoms with Crippen LogP contribution in [-0.4, -0.2) is 21.1 Å². The van der Waals surface area contributed by atoms with Crippen LogP contribution in [0, 0.1) is 0 Å². The zero-order valence-electron chi connectivity index (χ0n) is 1.86. The summed E-state index contributed by atoms with van der Waals surface area (Å²) >= 11 is 1.33. The summed E-state index contributed by atoms with van der Waals surface area (Å²) in [6, 6.07) is 0. The van der Waals surface area contributed by atoms with E-state index in [4.69, 9.17) is 0 Å². The molecule has 0 amide bonds. The van der Waals surface area contributed by atoms with E-state index >= 15 is 0 Å². The standard InChI is InChI=1S/Cu.S.Sb.Zn. The zero-order valence-corrected chi connectivity index (χ0v) is 9.14. The predicted molar refractivity (Wildman–Crippen MR) is 13.3 cm³/mol. The molecule has 0 spiro atoms. The van der Waals surface area contributed by atoms with E-state index in [1.807, 2.05) is 0 Å². The Morgan fingerprint density at radius 1 is 1.25 bits per heavy atom. The third kappa shape index (κ3) is 8.89. The summed E-state index contributed by atoms with van der Waals surface area (Å²) in [5.74, 6) is 0. The van der Waals surface area contributed by atoms with Gasteiger partial charge in [-0.1, -0.05) is 0 Å². The van der Waals surface area contributed by atoms with E-state index < -0.39 is 0 Å². The second-order valence-electron chi connectivity index (χ2n) is 0. The van der Waals surface area contributed by atoms with Crippen LogP contribution in [0.3, 0.4) is 0 Å². The molecular formula is CuSSbZn. The van der Waals surface area contributed by atoms with Crippen molar-refractivity contribution in [1.82, 2.24) is 0 Å². The first-order valence-electron chi connectivity index (χ1n) is 0.183. The monoisotopic (exact) mass is 280 g/mol. The molecule has 0 aromatic rings. The Kier molecular flexibility index (Phi) is 78.0. The summed E-state index contributed by atoms with van der Waals surface area (Å²) in [6.07, 6.45) is 0. The van der Waals surface area contributed by atoms with Crippen molar-refractivity contribution in [2.24, 2.45) is 0 Å². The van der Waals surface area contributed by atoms with Gasteiger partial charge in [0.1, 0.15) is 0 Å². The Balaban J connectivity index is -0.00000000500. The normalized spacial score (nSPS) is 1.00. The molecule has 4 heteroatoms. The van der Waals surface area contributed by atoms with Gasteiger partial charge in [0, 0.05) is 36.5 Å². The predicted octanol–water partition coefficient (Wildman–Crippen LogP) is 0.262. The summed E-state index contributed by atoms with van der Waals surface area (Å²) in [7, 11) is 4.13. The van der Waals surface area contributed by atoms with Crippen LogP contribution >= 0.6 is 9.19 Å². The molecule has 4 heavy (non-hydrogen) atoms. The van der Waals surface area contributed by atoms with Gasteiger partial charge in [0.05, 0.1) is 0 Å². The molecule has 0 aliphatic rings. The minimum absolute atomic E-state index is 0. The van der Waals surface area contributed by atoms with Crippen molar-refractivity contribution < 1.29 is 36.5 Å². The Labute approximate surface area is 65.9 Å². The van der Waals surface area contributed by atoms with E-state index in [-0.39, 0.29) is 36.5 Å². The molecule has 0 unspecified atom stereocenters. The third-order valence-electron chi connectivity index (χ3n) is 0. The van der Waals surface area contributed by atoms with Gasteiger partial charge in [-0.2, -0.15) is 0 Å². The van der Waals surface area contributed by atoms with Gasteiger partial charge in [0.15, 0.2) is 0 Å². The van der Waals surface area contributed by atoms with E-state index in [1.54, 1.807) is 0 Å². The molecule has 0 heterocycles. The van der Waals surface area contributed by atoms with Gasteiger partial charge in [-0.25, -0.2) is 0 Å². The maximum absolute atomic E-state index is 4.13. The van der Waals surface area contributed by atoms with Gasteiger partial charge < -0.3 is 0 Å². The third-order valence-corrected chi connectivity index (χ3v) is 0. The van der Waals surface area contributed by atoms with Crippen LogP contribution in [0.5, 0.6) is 0 Å². The fraction of sp³-hybridized carbons (Fsp3) is 0. The average molecular weight is 283 g/mol.